The van der Waals surface area contributed by atoms with Crippen LogP contribution in [-0.2, 0) is 6.18 Å². The first-order chi connectivity index (χ1) is 8.43. The molecule has 1 amide bonds. The standard InChI is InChI=1S/C11H13F3N2O2/c12-11(13,14)9-4-3-8(15-9)10(18)16(5-6-17)7-1-2-7/h3-4,7,15,17H,1-2,5-6H2. The summed E-state index contributed by atoms with van der Waals surface area (Å²) in [4.78, 5) is 15.5. The summed E-state index contributed by atoms with van der Waals surface area (Å²) in [6.07, 6.45) is -2.82. The molecule has 0 unspecified atom stereocenters. The summed E-state index contributed by atoms with van der Waals surface area (Å²) in [7, 11) is 0. The fraction of sp³-hybridized carbons (Fsp3) is 0.545. The lowest BCUT2D eigenvalue weighted by Crippen LogP contribution is -2.35. The van der Waals surface area contributed by atoms with Gasteiger partial charge < -0.3 is 15.0 Å². The molecule has 1 fully saturated rings. The number of aliphatic hydroxyl groups is 1. The number of aliphatic hydroxyl groups excluding tert-OH is 1. The SMILES string of the molecule is O=C(c1ccc(C(F)(F)F)[nH]1)N(CCO)C1CC1. The molecule has 1 saturated carbocycles. The molecule has 1 aromatic heterocycles. The van der Waals surface area contributed by atoms with Gasteiger partial charge in [-0.3, -0.25) is 4.79 Å². The number of aromatic nitrogens is 1. The van der Waals surface area contributed by atoms with Gasteiger partial charge in [-0.2, -0.15) is 13.2 Å². The third-order valence-corrected chi connectivity index (χ3v) is 2.81. The topological polar surface area (TPSA) is 56.3 Å². The highest BCUT2D eigenvalue weighted by Gasteiger charge is 2.36. The van der Waals surface area contributed by atoms with Crippen LogP contribution < -0.4 is 0 Å². The van der Waals surface area contributed by atoms with Crippen LogP contribution in [0.25, 0.3) is 0 Å². The van der Waals surface area contributed by atoms with Crippen molar-refractivity contribution in [2.24, 2.45) is 0 Å². The van der Waals surface area contributed by atoms with Gasteiger partial charge in [-0.25, -0.2) is 0 Å². The normalized spacial score (nSPS) is 15.8. The fourth-order valence-electron chi connectivity index (χ4n) is 1.78. The average molecular weight is 262 g/mol. The predicted molar refractivity (Wildman–Crippen MR) is 56.9 cm³/mol. The molecule has 0 saturated heterocycles. The number of rotatable bonds is 4. The van der Waals surface area contributed by atoms with Gasteiger partial charge >= 0.3 is 6.18 Å². The van der Waals surface area contributed by atoms with Gasteiger partial charge in [0.25, 0.3) is 5.91 Å². The Bertz CT molecular complexity index is 438. The number of nitrogens with one attached hydrogen (secondary N) is 1. The Labute approximate surface area is 101 Å². The molecular formula is C11H13F3N2O2. The number of hydrogen-bond acceptors (Lipinski definition) is 2. The summed E-state index contributed by atoms with van der Waals surface area (Å²) in [5.41, 5.74) is -1.03. The minimum atomic E-state index is -4.49. The van der Waals surface area contributed by atoms with Crippen LogP contribution in [0.1, 0.15) is 29.0 Å². The highest BCUT2D eigenvalue weighted by Crippen LogP contribution is 2.30. The lowest BCUT2D eigenvalue weighted by Gasteiger charge is -2.20. The molecule has 0 atom stereocenters. The van der Waals surface area contributed by atoms with Gasteiger partial charge in [-0.1, -0.05) is 0 Å². The number of carbonyl (C=O) groups is 1. The van der Waals surface area contributed by atoms with E-state index in [9.17, 15) is 18.0 Å². The molecule has 0 bridgehead atoms. The third-order valence-electron chi connectivity index (χ3n) is 2.81. The number of H-pyrrole nitrogens is 1. The first-order valence-corrected chi connectivity index (χ1v) is 5.61. The van der Waals surface area contributed by atoms with E-state index in [1.54, 1.807) is 0 Å². The second-order valence-corrected chi connectivity index (χ2v) is 4.24. The van der Waals surface area contributed by atoms with Crippen LogP contribution >= 0.6 is 0 Å². The summed E-state index contributed by atoms with van der Waals surface area (Å²) < 4.78 is 37.2. The van der Waals surface area contributed by atoms with E-state index in [1.165, 1.54) is 4.90 Å². The summed E-state index contributed by atoms with van der Waals surface area (Å²) in [6.45, 7) is -0.0566. The largest absolute Gasteiger partial charge is 0.431 e. The fourth-order valence-corrected chi connectivity index (χ4v) is 1.78. The number of hydrogen-bond donors (Lipinski definition) is 2. The summed E-state index contributed by atoms with van der Waals surface area (Å²) >= 11 is 0. The first kappa shape index (κ1) is 12.9. The molecule has 1 aliphatic rings. The van der Waals surface area contributed by atoms with Crippen LogP contribution in [0.3, 0.4) is 0 Å². The zero-order valence-corrected chi connectivity index (χ0v) is 9.50. The second-order valence-electron chi connectivity index (χ2n) is 4.24. The van der Waals surface area contributed by atoms with E-state index >= 15 is 0 Å². The van der Waals surface area contributed by atoms with Gasteiger partial charge in [-0.05, 0) is 25.0 Å². The highest BCUT2D eigenvalue weighted by molar-refractivity contribution is 5.93. The van der Waals surface area contributed by atoms with E-state index in [0.717, 1.165) is 25.0 Å². The lowest BCUT2D eigenvalue weighted by molar-refractivity contribution is -0.140. The zero-order chi connectivity index (χ0) is 13.3. The van der Waals surface area contributed by atoms with Crippen molar-refractivity contribution in [3.05, 3.63) is 23.5 Å². The van der Waals surface area contributed by atoms with E-state index in [-0.39, 0.29) is 24.9 Å². The first-order valence-electron chi connectivity index (χ1n) is 5.61. The Kier molecular flexibility index (Phi) is 3.34. The quantitative estimate of drug-likeness (QED) is 0.866. The van der Waals surface area contributed by atoms with Gasteiger partial charge in [-0.15, -0.1) is 0 Å². The molecule has 1 aliphatic carbocycles. The number of amides is 1. The monoisotopic (exact) mass is 262 g/mol. The zero-order valence-electron chi connectivity index (χ0n) is 9.50. The van der Waals surface area contributed by atoms with Gasteiger partial charge in [0, 0.05) is 12.6 Å². The van der Waals surface area contributed by atoms with Crippen molar-refractivity contribution in [2.45, 2.75) is 25.1 Å². The lowest BCUT2D eigenvalue weighted by atomic mass is 10.3. The molecule has 2 rings (SSSR count). The van der Waals surface area contributed by atoms with E-state index < -0.39 is 17.8 Å². The maximum Gasteiger partial charge on any atom is 0.431 e. The Morgan fingerprint density at radius 2 is 2.11 bits per heavy atom. The molecule has 4 nitrogen and oxygen atoms in total. The third kappa shape index (κ3) is 2.66. The maximum absolute atomic E-state index is 12.4. The summed E-state index contributed by atoms with van der Waals surface area (Å²) in [6, 6.07) is 2.01. The van der Waals surface area contributed by atoms with E-state index in [2.05, 4.69) is 4.98 Å². The molecule has 1 heterocycles. The van der Waals surface area contributed by atoms with Crippen molar-refractivity contribution in [2.75, 3.05) is 13.2 Å². The summed E-state index contributed by atoms with van der Waals surface area (Å²) in [5, 5.41) is 8.86. The number of nitrogens with zero attached hydrogens (tertiary/aromatic N) is 1. The molecule has 0 aliphatic heterocycles. The van der Waals surface area contributed by atoms with E-state index in [4.69, 9.17) is 5.11 Å². The molecule has 18 heavy (non-hydrogen) atoms. The van der Waals surface area contributed by atoms with Crippen LogP contribution in [0, 0.1) is 0 Å². The molecule has 7 heteroatoms. The highest BCUT2D eigenvalue weighted by atomic mass is 19.4. The van der Waals surface area contributed by atoms with E-state index in [1.807, 2.05) is 0 Å². The Hall–Kier alpha value is -1.50. The van der Waals surface area contributed by atoms with E-state index in [0.29, 0.717) is 0 Å². The number of aromatic amines is 1. The Morgan fingerprint density at radius 3 is 2.56 bits per heavy atom. The average Bonchev–Trinajstić information content (AvgIpc) is 2.99. The van der Waals surface area contributed by atoms with Crippen molar-refractivity contribution in [3.8, 4) is 0 Å². The van der Waals surface area contributed by atoms with Crippen LogP contribution in [0.15, 0.2) is 12.1 Å². The summed E-state index contributed by atoms with van der Waals surface area (Å²) in [5.74, 6) is -0.498. The molecular weight excluding hydrogens is 249 g/mol. The molecule has 100 valence electrons. The van der Waals surface area contributed by atoms with Crippen molar-refractivity contribution >= 4 is 5.91 Å². The molecule has 1 aromatic rings. The number of halogens is 3. The maximum atomic E-state index is 12.4. The van der Waals surface area contributed by atoms with Crippen molar-refractivity contribution < 1.29 is 23.1 Å². The van der Waals surface area contributed by atoms with Crippen molar-refractivity contribution in [1.82, 2.24) is 9.88 Å². The molecule has 0 spiro atoms. The van der Waals surface area contributed by atoms with Crippen molar-refractivity contribution in [3.63, 3.8) is 0 Å². The molecule has 0 radical (unpaired) electrons. The predicted octanol–water partition coefficient (Wildman–Crippen LogP) is 1.63. The number of alkyl halides is 3. The Balaban J connectivity index is 2.14. The Morgan fingerprint density at radius 1 is 1.44 bits per heavy atom. The van der Waals surface area contributed by atoms with Gasteiger partial charge in [0.05, 0.1) is 6.61 Å². The van der Waals surface area contributed by atoms with Crippen LogP contribution in [0.4, 0.5) is 13.2 Å². The van der Waals surface area contributed by atoms with Gasteiger partial charge in [0.1, 0.15) is 11.4 Å². The smallest absolute Gasteiger partial charge is 0.395 e. The molecule has 2 N–H and O–H groups in total. The second kappa shape index (κ2) is 4.64. The minimum absolute atomic E-state index is 0.0438. The molecule has 0 aromatic carbocycles. The van der Waals surface area contributed by atoms with Gasteiger partial charge in [0.2, 0.25) is 0 Å². The van der Waals surface area contributed by atoms with Crippen LogP contribution in [0.5, 0.6) is 0 Å². The van der Waals surface area contributed by atoms with Crippen molar-refractivity contribution in [1.29, 1.82) is 0 Å². The minimum Gasteiger partial charge on any atom is -0.395 e. The van der Waals surface area contributed by atoms with Crippen LogP contribution in [-0.4, -0.2) is 40.1 Å². The number of carbonyl (C=O) groups excluding carboxylic acids is 1. The van der Waals surface area contributed by atoms with Crippen LogP contribution in [0.2, 0.25) is 0 Å². The van der Waals surface area contributed by atoms with Gasteiger partial charge in [0.15, 0.2) is 0 Å².